The van der Waals surface area contributed by atoms with Gasteiger partial charge >= 0.3 is 0 Å². The molecular weight excluding hydrogens is 408 g/mol. The average molecular weight is 426 g/mol. The zero-order valence-corrected chi connectivity index (χ0v) is 16.8. The summed E-state index contributed by atoms with van der Waals surface area (Å²) in [6.45, 7) is 6.39. The van der Waals surface area contributed by atoms with E-state index in [-0.39, 0.29) is 16.4 Å². The van der Waals surface area contributed by atoms with Gasteiger partial charge in [-0.2, -0.15) is 0 Å². The summed E-state index contributed by atoms with van der Waals surface area (Å²) in [4.78, 5) is 12.3. The maximum Gasteiger partial charge on any atom is 0.257 e. The molecule has 0 fully saturated rings. The van der Waals surface area contributed by atoms with Crippen LogP contribution in [0.4, 0.5) is 5.69 Å². The van der Waals surface area contributed by atoms with E-state index in [4.69, 9.17) is 23.8 Å². The van der Waals surface area contributed by atoms with Crippen molar-refractivity contribution in [1.29, 1.82) is 0 Å². The Labute approximate surface area is 160 Å². The zero-order valence-electron chi connectivity index (χ0n) is 13.6. The van der Waals surface area contributed by atoms with Gasteiger partial charge in [0.2, 0.25) is 0 Å². The summed E-state index contributed by atoms with van der Waals surface area (Å²) in [5.41, 5.74) is 2.48. The fourth-order valence-electron chi connectivity index (χ4n) is 2.03. The van der Waals surface area contributed by atoms with Gasteiger partial charge in [0, 0.05) is 15.7 Å². The summed E-state index contributed by atoms with van der Waals surface area (Å²) in [6.07, 6.45) is 0. The lowest BCUT2D eigenvalue weighted by Crippen LogP contribution is -2.34. The van der Waals surface area contributed by atoms with Gasteiger partial charge in [-0.05, 0) is 69.5 Å². The number of amides is 1. The van der Waals surface area contributed by atoms with Gasteiger partial charge in [0.15, 0.2) is 5.11 Å². The molecule has 6 heteroatoms. The van der Waals surface area contributed by atoms with E-state index < -0.39 is 0 Å². The summed E-state index contributed by atoms with van der Waals surface area (Å²) < 4.78 is 0.795. The van der Waals surface area contributed by atoms with Gasteiger partial charge in [0.25, 0.3) is 5.91 Å². The molecule has 2 aromatic rings. The van der Waals surface area contributed by atoms with Gasteiger partial charge in [-0.3, -0.25) is 10.1 Å². The van der Waals surface area contributed by atoms with E-state index in [0.717, 1.165) is 4.47 Å². The van der Waals surface area contributed by atoms with Gasteiger partial charge < -0.3 is 5.32 Å². The molecule has 2 rings (SSSR count). The lowest BCUT2D eigenvalue weighted by atomic mass is 9.87. The maximum absolute atomic E-state index is 12.3. The minimum atomic E-state index is -0.254. The number of carbonyl (C=O) groups excluding carboxylic acids is 1. The lowest BCUT2D eigenvalue weighted by Gasteiger charge is -2.19. The SMILES string of the molecule is CC(C)(C)c1ccc(C(=O)NC(=S)Nc2ccc(Br)c(Cl)c2)cc1. The quantitative estimate of drug-likeness (QED) is 0.622. The van der Waals surface area contributed by atoms with Crippen LogP contribution in [0, 0.1) is 0 Å². The Morgan fingerprint density at radius 3 is 2.29 bits per heavy atom. The number of hydrogen-bond donors (Lipinski definition) is 2. The third-order valence-electron chi connectivity index (χ3n) is 3.42. The van der Waals surface area contributed by atoms with Gasteiger partial charge in [0.05, 0.1) is 5.02 Å². The van der Waals surface area contributed by atoms with Crippen LogP contribution in [0.1, 0.15) is 36.7 Å². The first-order chi connectivity index (χ1) is 11.2. The van der Waals surface area contributed by atoms with Gasteiger partial charge in [-0.25, -0.2) is 0 Å². The number of nitrogens with one attached hydrogen (secondary N) is 2. The van der Waals surface area contributed by atoms with Crippen LogP contribution in [0.2, 0.25) is 5.02 Å². The fraction of sp³-hybridized carbons (Fsp3) is 0.222. The molecule has 126 valence electrons. The molecule has 0 saturated heterocycles. The zero-order chi connectivity index (χ0) is 17.9. The van der Waals surface area contributed by atoms with Gasteiger partial charge in [-0.15, -0.1) is 0 Å². The molecule has 0 aliphatic carbocycles. The topological polar surface area (TPSA) is 41.1 Å². The van der Waals surface area contributed by atoms with Crippen LogP contribution in [0.25, 0.3) is 0 Å². The fourth-order valence-corrected chi connectivity index (χ4v) is 2.67. The molecule has 0 atom stereocenters. The maximum atomic E-state index is 12.3. The molecule has 0 saturated carbocycles. The smallest absolute Gasteiger partial charge is 0.257 e. The number of carbonyl (C=O) groups is 1. The second-order valence-electron chi connectivity index (χ2n) is 6.36. The highest BCUT2D eigenvalue weighted by atomic mass is 79.9. The highest BCUT2D eigenvalue weighted by Gasteiger charge is 2.14. The standard InChI is InChI=1S/C18H18BrClN2OS/c1-18(2,3)12-6-4-11(5-7-12)16(23)22-17(24)21-13-8-9-14(19)15(20)10-13/h4-10H,1-3H3,(H2,21,22,23,24). The third kappa shape index (κ3) is 5.03. The molecule has 0 unspecified atom stereocenters. The lowest BCUT2D eigenvalue weighted by molar-refractivity contribution is 0.0977. The average Bonchev–Trinajstić information content (AvgIpc) is 2.50. The molecule has 2 N–H and O–H groups in total. The van der Waals surface area contributed by atoms with Crippen molar-refractivity contribution in [3.63, 3.8) is 0 Å². The van der Waals surface area contributed by atoms with E-state index in [1.807, 2.05) is 18.2 Å². The predicted octanol–water partition coefficient (Wildman–Crippen LogP) is 5.53. The number of rotatable bonds is 2. The third-order valence-corrected chi connectivity index (χ3v) is 4.85. The van der Waals surface area contributed by atoms with Crippen molar-refractivity contribution in [2.45, 2.75) is 26.2 Å². The summed E-state index contributed by atoms with van der Waals surface area (Å²) in [7, 11) is 0. The van der Waals surface area contributed by atoms with Crippen LogP contribution < -0.4 is 10.6 Å². The number of thiocarbonyl (C=S) groups is 1. The Bertz CT molecular complexity index is 770. The van der Waals surface area contributed by atoms with Crippen molar-refractivity contribution in [3.05, 3.63) is 63.1 Å². The van der Waals surface area contributed by atoms with Crippen LogP contribution in [0.5, 0.6) is 0 Å². The van der Waals surface area contributed by atoms with Crippen molar-refractivity contribution in [3.8, 4) is 0 Å². The van der Waals surface area contributed by atoms with Crippen molar-refractivity contribution in [2.24, 2.45) is 0 Å². The first-order valence-electron chi connectivity index (χ1n) is 7.35. The molecule has 1 amide bonds. The molecule has 0 heterocycles. The first kappa shape index (κ1) is 18.9. The van der Waals surface area contributed by atoms with Crippen molar-refractivity contribution in [1.82, 2.24) is 5.32 Å². The Morgan fingerprint density at radius 2 is 1.75 bits per heavy atom. The number of halogens is 2. The second-order valence-corrected chi connectivity index (χ2v) is 8.03. The molecule has 0 aliphatic heterocycles. The summed E-state index contributed by atoms with van der Waals surface area (Å²) in [6, 6.07) is 12.9. The summed E-state index contributed by atoms with van der Waals surface area (Å²) in [5.74, 6) is -0.254. The molecule has 0 bridgehead atoms. The molecule has 0 aromatic heterocycles. The van der Waals surface area contributed by atoms with E-state index in [9.17, 15) is 4.79 Å². The molecular formula is C18H18BrClN2OS. The Morgan fingerprint density at radius 1 is 1.12 bits per heavy atom. The van der Waals surface area contributed by atoms with Crippen molar-refractivity contribution in [2.75, 3.05) is 5.32 Å². The largest absolute Gasteiger partial charge is 0.332 e. The number of benzene rings is 2. The Kier molecular flexibility index (Phi) is 6.01. The van der Waals surface area contributed by atoms with Gasteiger partial charge in [0.1, 0.15) is 0 Å². The molecule has 0 aliphatic rings. The Balaban J connectivity index is 2.00. The van der Waals surface area contributed by atoms with Crippen molar-refractivity contribution < 1.29 is 4.79 Å². The molecule has 0 spiro atoms. The van der Waals surface area contributed by atoms with Crippen LogP contribution >= 0.6 is 39.7 Å². The highest BCUT2D eigenvalue weighted by Crippen LogP contribution is 2.25. The monoisotopic (exact) mass is 424 g/mol. The van der Waals surface area contributed by atoms with Crippen LogP contribution in [0.3, 0.4) is 0 Å². The van der Waals surface area contributed by atoms with E-state index in [2.05, 4.69) is 47.3 Å². The summed E-state index contributed by atoms with van der Waals surface area (Å²) >= 11 is 14.5. The summed E-state index contributed by atoms with van der Waals surface area (Å²) in [5, 5.41) is 6.39. The molecule has 2 aromatic carbocycles. The number of anilines is 1. The van der Waals surface area contributed by atoms with E-state index in [1.165, 1.54) is 5.56 Å². The molecule has 0 radical (unpaired) electrons. The molecule has 24 heavy (non-hydrogen) atoms. The number of hydrogen-bond acceptors (Lipinski definition) is 2. The predicted molar refractivity (Wildman–Crippen MR) is 108 cm³/mol. The van der Waals surface area contributed by atoms with Crippen LogP contribution in [0.15, 0.2) is 46.9 Å². The van der Waals surface area contributed by atoms with Crippen molar-refractivity contribution >= 4 is 56.5 Å². The van der Waals surface area contributed by atoms with Gasteiger partial charge in [-0.1, -0.05) is 44.5 Å². The Hall–Kier alpha value is -1.43. The minimum Gasteiger partial charge on any atom is -0.332 e. The minimum absolute atomic E-state index is 0.0483. The van der Waals surface area contributed by atoms with Crippen LogP contribution in [-0.4, -0.2) is 11.0 Å². The second kappa shape index (κ2) is 7.64. The van der Waals surface area contributed by atoms with E-state index in [0.29, 0.717) is 16.3 Å². The van der Waals surface area contributed by atoms with E-state index in [1.54, 1.807) is 24.3 Å². The normalized spacial score (nSPS) is 11.0. The van der Waals surface area contributed by atoms with E-state index >= 15 is 0 Å². The highest BCUT2D eigenvalue weighted by molar-refractivity contribution is 9.10. The first-order valence-corrected chi connectivity index (χ1v) is 8.92. The molecule has 3 nitrogen and oxygen atoms in total. The van der Waals surface area contributed by atoms with Crippen LogP contribution in [-0.2, 0) is 5.41 Å².